The van der Waals surface area contributed by atoms with Crippen LogP contribution in [0, 0.1) is 0 Å². The summed E-state index contributed by atoms with van der Waals surface area (Å²) in [4.78, 5) is 2.38. The predicted molar refractivity (Wildman–Crippen MR) is 255 cm³/mol. The molecule has 1 aliphatic rings. The average molecular weight is 786 g/mol. The van der Waals surface area contributed by atoms with E-state index in [9.17, 15) is 0 Å². The van der Waals surface area contributed by atoms with Crippen molar-refractivity contribution in [1.82, 2.24) is 0 Å². The number of furan rings is 1. The molecule has 2 aromatic heterocycles. The summed E-state index contributed by atoms with van der Waals surface area (Å²) < 4.78 is 9.07. The van der Waals surface area contributed by atoms with Crippen LogP contribution in [-0.2, 0) is 5.41 Å². The molecule has 0 unspecified atom stereocenters. The fraction of sp³-hybridized carbons (Fsp3) is 0.0526. The molecule has 0 radical (unpaired) electrons. The molecule has 0 spiro atoms. The summed E-state index contributed by atoms with van der Waals surface area (Å²) >= 11 is 1.87. The van der Waals surface area contributed by atoms with Crippen LogP contribution < -0.4 is 4.90 Å². The third-order valence-electron chi connectivity index (χ3n) is 12.7. The highest BCUT2D eigenvalue weighted by Crippen LogP contribution is 2.51. The van der Waals surface area contributed by atoms with Crippen LogP contribution in [0.1, 0.15) is 25.0 Å². The maximum absolute atomic E-state index is 6.46. The molecule has 3 heteroatoms. The van der Waals surface area contributed by atoms with E-state index in [0.717, 1.165) is 39.0 Å². The van der Waals surface area contributed by atoms with Crippen molar-refractivity contribution >= 4 is 70.5 Å². The van der Waals surface area contributed by atoms with Gasteiger partial charge in [-0.3, -0.25) is 0 Å². The van der Waals surface area contributed by atoms with Crippen LogP contribution in [0.25, 0.3) is 86.6 Å². The number of anilines is 3. The van der Waals surface area contributed by atoms with Crippen molar-refractivity contribution in [2.45, 2.75) is 19.3 Å². The van der Waals surface area contributed by atoms with Gasteiger partial charge in [0.2, 0.25) is 0 Å². The van der Waals surface area contributed by atoms with Crippen LogP contribution in [0.15, 0.2) is 205 Å². The van der Waals surface area contributed by atoms with E-state index in [1.165, 1.54) is 75.8 Å². The number of fused-ring (bicyclic) bond motifs is 9. The van der Waals surface area contributed by atoms with Gasteiger partial charge in [-0.25, -0.2) is 0 Å². The van der Waals surface area contributed by atoms with Crippen LogP contribution >= 0.6 is 11.3 Å². The molecule has 0 fully saturated rings. The zero-order valence-electron chi connectivity index (χ0n) is 33.3. The Hall–Kier alpha value is -7.20. The molecule has 1 aliphatic carbocycles. The topological polar surface area (TPSA) is 16.4 Å². The van der Waals surface area contributed by atoms with Gasteiger partial charge in [0.15, 0.2) is 0 Å². The van der Waals surface area contributed by atoms with Crippen molar-refractivity contribution in [3.05, 3.63) is 211 Å². The third kappa shape index (κ3) is 5.40. The lowest BCUT2D eigenvalue weighted by Gasteiger charge is -2.28. The molecule has 0 aliphatic heterocycles. The lowest BCUT2D eigenvalue weighted by molar-refractivity contribution is 0.660. The highest BCUT2D eigenvalue weighted by molar-refractivity contribution is 7.26. The highest BCUT2D eigenvalue weighted by Gasteiger charge is 2.35. The first kappa shape index (κ1) is 34.8. The van der Waals surface area contributed by atoms with Gasteiger partial charge in [-0.2, -0.15) is 0 Å². The Balaban J connectivity index is 1.02. The Kier molecular flexibility index (Phi) is 7.79. The molecule has 12 rings (SSSR count). The molecule has 284 valence electrons. The molecule has 0 atom stereocenters. The first-order valence-corrected chi connectivity index (χ1v) is 21.5. The van der Waals surface area contributed by atoms with Crippen LogP contribution in [0.3, 0.4) is 0 Å². The second-order valence-corrected chi connectivity index (χ2v) is 17.5. The minimum absolute atomic E-state index is 0.125. The summed E-state index contributed by atoms with van der Waals surface area (Å²) in [6, 6.07) is 73.1. The molecule has 0 saturated carbocycles. The summed E-state index contributed by atoms with van der Waals surface area (Å²) in [5, 5.41) is 4.86. The Morgan fingerprint density at radius 1 is 0.400 bits per heavy atom. The van der Waals surface area contributed by atoms with E-state index < -0.39 is 0 Å². The van der Waals surface area contributed by atoms with Gasteiger partial charge < -0.3 is 9.32 Å². The van der Waals surface area contributed by atoms with E-state index in [-0.39, 0.29) is 5.41 Å². The molecule has 60 heavy (non-hydrogen) atoms. The van der Waals surface area contributed by atoms with E-state index in [0.29, 0.717) is 0 Å². The largest absolute Gasteiger partial charge is 0.456 e. The first-order chi connectivity index (χ1) is 29.5. The fourth-order valence-corrected chi connectivity index (χ4v) is 10.9. The van der Waals surface area contributed by atoms with Crippen LogP contribution in [0.4, 0.5) is 17.1 Å². The summed E-state index contributed by atoms with van der Waals surface area (Å²) in [7, 11) is 0. The maximum Gasteiger partial charge on any atom is 0.137 e. The first-order valence-electron chi connectivity index (χ1n) is 20.7. The Morgan fingerprint density at radius 3 is 1.85 bits per heavy atom. The lowest BCUT2D eigenvalue weighted by Crippen LogP contribution is -2.16. The maximum atomic E-state index is 6.46. The number of benzene rings is 9. The van der Waals surface area contributed by atoms with Gasteiger partial charge in [-0.15, -0.1) is 11.3 Å². The van der Waals surface area contributed by atoms with E-state index in [4.69, 9.17) is 4.42 Å². The lowest BCUT2D eigenvalue weighted by atomic mass is 9.82. The molecule has 2 nitrogen and oxygen atoms in total. The Morgan fingerprint density at radius 2 is 1.00 bits per heavy atom. The molecule has 0 bridgehead atoms. The average Bonchev–Trinajstić information content (AvgIpc) is 3.94. The molecule has 0 saturated heterocycles. The van der Waals surface area contributed by atoms with Crippen molar-refractivity contribution in [2.75, 3.05) is 4.90 Å². The Bertz CT molecular complexity index is 3440. The molecule has 9 aromatic carbocycles. The van der Waals surface area contributed by atoms with Crippen molar-refractivity contribution < 1.29 is 4.42 Å². The van der Waals surface area contributed by atoms with Crippen molar-refractivity contribution in [3.63, 3.8) is 0 Å². The fourth-order valence-electron chi connectivity index (χ4n) is 9.74. The van der Waals surface area contributed by atoms with E-state index in [1.54, 1.807) is 0 Å². The smallest absolute Gasteiger partial charge is 0.137 e. The van der Waals surface area contributed by atoms with Gasteiger partial charge in [0.25, 0.3) is 0 Å². The monoisotopic (exact) mass is 785 g/mol. The van der Waals surface area contributed by atoms with Crippen LogP contribution in [0.2, 0.25) is 0 Å². The Labute approximate surface area is 353 Å². The number of rotatable bonds is 6. The third-order valence-corrected chi connectivity index (χ3v) is 13.8. The quantitative estimate of drug-likeness (QED) is 0.167. The summed E-state index contributed by atoms with van der Waals surface area (Å²) in [6.07, 6.45) is 0. The summed E-state index contributed by atoms with van der Waals surface area (Å²) in [6.45, 7) is 4.70. The molecular weight excluding hydrogens is 747 g/mol. The number of thiophene rings is 1. The predicted octanol–water partition coefficient (Wildman–Crippen LogP) is 16.7. The van der Waals surface area contributed by atoms with Crippen molar-refractivity contribution in [1.29, 1.82) is 0 Å². The number of hydrogen-bond acceptors (Lipinski definition) is 3. The van der Waals surface area contributed by atoms with Crippen LogP contribution in [0.5, 0.6) is 0 Å². The van der Waals surface area contributed by atoms with Crippen molar-refractivity contribution in [3.8, 4) is 44.5 Å². The van der Waals surface area contributed by atoms with Gasteiger partial charge >= 0.3 is 0 Å². The SMILES string of the molecule is CC1(C)c2ccccc2-c2ccc(N(c3ccc(-c4ccc5sc6ccccc6c5c4-c4ccc(-c5ccccc5)cc4)cc3)c3ccc4c(c3)oc3ccccc34)cc21. The van der Waals surface area contributed by atoms with E-state index in [2.05, 4.69) is 207 Å². The van der Waals surface area contributed by atoms with Gasteiger partial charge in [-0.1, -0.05) is 153 Å². The molecule has 0 N–H and O–H groups in total. The zero-order valence-corrected chi connectivity index (χ0v) is 34.1. The van der Waals surface area contributed by atoms with Gasteiger partial charge in [0.1, 0.15) is 11.2 Å². The van der Waals surface area contributed by atoms with Gasteiger partial charge in [0.05, 0.1) is 0 Å². The second-order valence-electron chi connectivity index (χ2n) is 16.5. The molecular formula is C57H39NOS. The number of nitrogens with zero attached hydrogens (tertiary/aromatic N) is 1. The minimum atomic E-state index is -0.125. The molecule has 0 amide bonds. The second kappa shape index (κ2) is 13.4. The highest BCUT2D eigenvalue weighted by atomic mass is 32.1. The molecule has 11 aromatic rings. The number of hydrogen-bond donors (Lipinski definition) is 0. The van der Waals surface area contributed by atoms with E-state index in [1.807, 2.05) is 23.5 Å². The van der Waals surface area contributed by atoms with E-state index >= 15 is 0 Å². The summed E-state index contributed by atoms with van der Waals surface area (Å²) in [5.74, 6) is 0. The molecule has 2 heterocycles. The standard InChI is InChI=1S/C57H39NOS/c1-57(2)49-17-9-6-14-44(49)45-30-28-41(34-50(45)57)58(42-29-31-47-46-15-7-10-18-51(46)59-52(47)35-42)40-26-24-38(25-27-40)43-32-33-54-56(48-16-8-11-19-53(48)60-54)55(43)39-22-20-37(21-23-39)36-12-4-3-5-13-36/h3-35H,1-2H3. The minimum Gasteiger partial charge on any atom is -0.456 e. The van der Waals surface area contributed by atoms with Crippen LogP contribution in [-0.4, -0.2) is 0 Å². The van der Waals surface area contributed by atoms with Crippen molar-refractivity contribution in [2.24, 2.45) is 0 Å². The normalized spacial score (nSPS) is 13.0. The van der Waals surface area contributed by atoms with Gasteiger partial charge in [-0.05, 0) is 110 Å². The number of para-hydroxylation sites is 1. The van der Waals surface area contributed by atoms with Gasteiger partial charge in [0, 0.05) is 59.5 Å². The summed E-state index contributed by atoms with van der Waals surface area (Å²) in [5.41, 5.74) is 17.6. The zero-order chi connectivity index (χ0) is 40.0.